The highest BCUT2D eigenvalue weighted by atomic mass is 16.5. The Labute approximate surface area is 151 Å². The van der Waals surface area contributed by atoms with E-state index in [1.807, 2.05) is 43.3 Å². The molecule has 0 aliphatic carbocycles. The zero-order valence-electron chi connectivity index (χ0n) is 14.4. The molecule has 3 aromatic carbocycles. The van der Waals surface area contributed by atoms with Crippen molar-refractivity contribution in [2.45, 2.75) is 6.92 Å². The van der Waals surface area contributed by atoms with Crippen LogP contribution in [0.2, 0.25) is 0 Å². The largest absolute Gasteiger partial charge is 0.492 e. The average Bonchev–Trinajstić information content (AvgIpc) is 2.67. The van der Waals surface area contributed by atoms with Crippen molar-refractivity contribution < 1.29 is 19.1 Å². The van der Waals surface area contributed by atoms with Crippen LogP contribution in [0.5, 0.6) is 5.75 Å². The van der Waals surface area contributed by atoms with E-state index in [1.165, 1.54) is 0 Å². The van der Waals surface area contributed by atoms with E-state index in [4.69, 9.17) is 9.47 Å². The van der Waals surface area contributed by atoms with Crippen LogP contribution >= 0.6 is 0 Å². The van der Waals surface area contributed by atoms with Crippen molar-refractivity contribution in [3.8, 4) is 5.75 Å². The summed E-state index contributed by atoms with van der Waals surface area (Å²) in [5, 5.41) is 4.43. The number of para-hydroxylation sites is 2. The summed E-state index contributed by atoms with van der Waals surface area (Å²) in [6, 6.07) is 20.0. The summed E-state index contributed by atoms with van der Waals surface area (Å²) < 4.78 is 10.6. The molecule has 1 N–H and O–H groups in total. The van der Waals surface area contributed by atoms with E-state index in [1.54, 1.807) is 30.3 Å². The van der Waals surface area contributed by atoms with Gasteiger partial charge in [-0.3, -0.25) is 4.79 Å². The maximum Gasteiger partial charge on any atom is 0.339 e. The molecule has 0 bridgehead atoms. The molecule has 0 aliphatic heterocycles. The monoisotopic (exact) mass is 349 g/mol. The first-order chi connectivity index (χ1) is 12.7. The van der Waals surface area contributed by atoms with Gasteiger partial charge in [0.15, 0.2) is 6.61 Å². The summed E-state index contributed by atoms with van der Waals surface area (Å²) in [5.74, 6) is -0.385. The molecule has 0 unspecified atom stereocenters. The maximum atomic E-state index is 12.4. The Kier molecular flexibility index (Phi) is 5.49. The van der Waals surface area contributed by atoms with Crippen LogP contribution in [0, 0.1) is 0 Å². The fourth-order valence-electron chi connectivity index (χ4n) is 2.65. The van der Waals surface area contributed by atoms with Crippen molar-refractivity contribution >= 4 is 28.3 Å². The van der Waals surface area contributed by atoms with Crippen molar-refractivity contribution in [2.24, 2.45) is 0 Å². The Morgan fingerprint density at radius 2 is 1.65 bits per heavy atom. The second-order valence-electron chi connectivity index (χ2n) is 5.58. The van der Waals surface area contributed by atoms with Gasteiger partial charge in [0.05, 0.1) is 17.9 Å². The molecule has 0 saturated heterocycles. The standard InChI is InChI=1S/C21H19NO4/c1-2-25-19-13-6-5-12-18(19)22-20(23)14-26-21(24)17-11-7-9-15-8-3-4-10-16(15)17/h3-13H,2,14H2,1H3,(H,22,23). The highest BCUT2D eigenvalue weighted by Gasteiger charge is 2.14. The minimum absolute atomic E-state index is 0.373. The van der Waals surface area contributed by atoms with Crippen LogP contribution < -0.4 is 10.1 Å². The second kappa shape index (κ2) is 8.16. The molecule has 0 heterocycles. The first-order valence-corrected chi connectivity index (χ1v) is 8.35. The number of hydrogen-bond donors (Lipinski definition) is 1. The molecule has 0 saturated carbocycles. The van der Waals surface area contributed by atoms with Gasteiger partial charge in [-0.05, 0) is 35.9 Å². The summed E-state index contributed by atoms with van der Waals surface area (Å²) in [6.45, 7) is 1.98. The molecule has 0 radical (unpaired) electrons. The quantitative estimate of drug-likeness (QED) is 0.682. The van der Waals surface area contributed by atoms with Crippen LogP contribution in [-0.4, -0.2) is 25.1 Å². The minimum Gasteiger partial charge on any atom is -0.492 e. The third kappa shape index (κ3) is 4.00. The Balaban J connectivity index is 1.65. The second-order valence-corrected chi connectivity index (χ2v) is 5.58. The number of ether oxygens (including phenoxy) is 2. The topological polar surface area (TPSA) is 64.6 Å². The molecule has 0 atom stereocenters. The van der Waals surface area contributed by atoms with Crippen molar-refractivity contribution in [2.75, 3.05) is 18.5 Å². The fourth-order valence-corrected chi connectivity index (χ4v) is 2.65. The zero-order chi connectivity index (χ0) is 18.4. The number of anilines is 1. The van der Waals surface area contributed by atoms with Crippen LogP contribution in [0.4, 0.5) is 5.69 Å². The summed E-state index contributed by atoms with van der Waals surface area (Å²) in [4.78, 5) is 24.5. The molecule has 0 aromatic heterocycles. The first kappa shape index (κ1) is 17.5. The summed E-state index contributed by atoms with van der Waals surface area (Å²) in [7, 11) is 0. The number of carbonyl (C=O) groups is 2. The van der Waals surface area contributed by atoms with Crippen LogP contribution in [0.3, 0.4) is 0 Å². The normalized spacial score (nSPS) is 10.3. The predicted octanol–water partition coefficient (Wildman–Crippen LogP) is 4.03. The SMILES string of the molecule is CCOc1ccccc1NC(=O)COC(=O)c1cccc2ccccc12. The Morgan fingerprint density at radius 3 is 2.50 bits per heavy atom. The first-order valence-electron chi connectivity index (χ1n) is 8.35. The van der Waals surface area contributed by atoms with Crippen LogP contribution in [0.1, 0.15) is 17.3 Å². The predicted molar refractivity (Wildman–Crippen MR) is 100 cm³/mol. The molecular formula is C21H19NO4. The van der Waals surface area contributed by atoms with Gasteiger partial charge in [-0.1, -0.05) is 48.5 Å². The van der Waals surface area contributed by atoms with Gasteiger partial charge in [0, 0.05) is 0 Å². The molecule has 1 amide bonds. The van der Waals surface area contributed by atoms with Gasteiger partial charge in [0.25, 0.3) is 5.91 Å². The summed E-state index contributed by atoms with van der Waals surface area (Å²) in [6.07, 6.45) is 0. The molecular weight excluding hydrogens is 330 g/mol. The van der Waals surface area contributed by atoms with E-state index in [-0.39, 0.29) is 6.61 Å². The number of benzene rings is 3. The smallest absolute Gasteiger partial charge is 0.339 e. The Hall–Kier alpha value is -3.34. The van der Waals surface area contributed by atoms with E-state index in [2.05, 4.69) is 5.32 Å². The Bertz CT molecular complexity index is 931. The van der Waals surface area contributed by atoms with Crippen LogP contribution in [0.25, 0.3) is 10.8 Å². The highest BCUT2D eigenvalue weighted by molar-refractivity contribution is 6.05. The number of hydrogen-bond acceptors (Lipinski definition) is 4. The molecule has 132 valence electrons. The van der Waals surface area contributed by atoms with Crippen molar-refractivity contribution in [1.29, 1.82) is 0 Å². The lowest BCUT2D eigenvalue weighted by molar-refractivity contribution is -0.119. The minimum atomic E-state index is -0.532. The third-order valence-corrected chi connectivity index (χ3v) is 3.80. The third-order valence-electron chi connectivity index (χ3n) is 3.80. The van der Waals surface area contributed by atoms with Crippen molar-refractivity contribution in [3.05, 3.63) is 72.3 Å². The lowest BCUT2D eigenvalue weighted by Gasteiger charge is -2.11. The number of fused-ring (bicyclic) bond motifs is 1. The van der Waals surface area contributed by atoms with Gasteiger partial charge >= 0.3 is 5.97 Å². The fraction of sp³-hybridized carbons (Fsp3) is 0.143. The molecule has 3 rings (SSSR count). The number of amides is 1. The summed E-state index contributed by atoms with van der Waals surface area (Å²) >= 11 is 0. The van der Waals surface area contributed by atoms with Gasteiger partial charge < -0.3 is 14.8 Å². The molecule has 5 heteroatoms. The van der Waals surface area contributed by atoms with Crippen molar-refractivity contribution in [3.63, 3.8) is 0 Å². The van der Waals surface area contributed by atoms with E-state index in [0.29, 0.717) is 23.6 Å². The zero-order valence-corrected chi connectivity index (χ0v) is 14.4. The molecule has 5 nitrogen and oxygen atoms in total. The van der Waals surface area contributed by atoms with E-state index >= 15 is 0 Å². The number of carbonyl (C=O) groups excluding carboxylic acids is 2. The number of esters is 1. The van der Waals surface area contributed by atoms with Gasteiger partial charge in [0.2, 0.25) is 0 Å². The lowest BCUT2D eigenvalue weighted by atomic mass is 10.1. The van der Waals surface area contributed by atoms with Crippen LogP contribution in [-0.2, 0) is 9.53 Å². The van der Waals surface area contributed by atoms with Gasteiger partial charge in [-0.15, -0.1) is 0 Å². The highest BCUT2D eigenvalue weighted by Crippen LogP contribution is 2.23. The molecule has 3 aromatic rings. The Morgan fingerprint density at radius 1 is 0.923 bits per heavy atom. The van der Waals surface area contributed by atoms with Gasteiger partial charge in [0.1, 0.15) is 5.75 Å². The average molecular weight is 349 g/mol. The molecule has 0 fully saturated rings. The summed E-state index contributed by atoms with van der Waals surface area (Å²) in [5.41, 5.74) is 0.978. The molecule has 26 heavy (non-hydrogen) atoms. The lowest BCUT2D eigenvalue weighted by Crippen LogP contribution is -2.21. The van der Waals surface area contributed by atoms with E-state index in [0.717, 1.165) is 10.8 Å². The van der Waals surface area contributed by atoms with E-state index < -0.39 is 11.9 Å². The van der Waals surface area contributed by atoms with E-state index in [9.17, 15) is 9.59 Å². The van der Waals surface area contributed by atoms with Gasteiger partial charge in [-0.25, -0.2) is 4.79 Å². The van der Waals surface area contributed by atoms with Crippen LogP contribution in [0.15, 0.2) is 66.7 Å². The number of nitrogens with one attached hydrogen (secondary N) is 1. The molecule has 0 aliphatic rings. The molecule has 0 spiro atoms. The maximum absolute atomic E-state index is 12.4. The number of rotatable bonds is 6. The van der Waals surface area contributed by atoms with Crippen molar-refractivity contribution in [1.82, 2.24) is 0 Å². The van der Waals surface area contributed by atoms with Gasteiger partial charge in [-0.2, -0.15) is 0 Å².